The van der Waals surface area contributed by atoms with Gasteiger partial charge >= 0.3 is 8.80 Å². The normalized spacial score (nSPS) is 10.6. The van der Waals surface area contributed by atoms with Gasteiger partial charge in [0, 0.05) is 14.2 Å². The highest BCUT2D eigenvalue weighted by Gasteiger charge is 2.36. The van der Waals surface area contributed by atoms with Crippen LogP contribution in [0, 0.1) is 0 Å². The van der Waals surface area contributed by atoms with Crippen LogP contribution in [-0.4, -0.2) is 28.6 Å². The zero-order valence-electron chi connectivity index (χ0n) is 5.99. The highest BCUT2D eigenvalue weighted by molar-refractivity contribution is 7.78. The lowest BCUT2D eigenvalue weighted by molar-refractivity contribution is 0.177. The van der Waals surface area contributed by atoms with Crippen LogP contribution in [0.5, 0.6) is 0 Å². The molecule has 0 aliphatic rings. The van der Waals surface area contributed by atoms with E-state index in [1.807, 2.05) is 0 Å². The predicted molar refractivity (Wildman–Crippen MR) is 44.7 cm³/mol. The molecule has 0 radical (unpaired) electrons. The van der Waals surface area contributed by atoms with Crippen molar-refractivity contribution in [3.63, 3.8) is 0 Å². The smallest absolute Gasteiger partial charge is 0.495 e. The topological polar surface area (TPSA) is 27.7 Å². The van der Waals surface area contributed by atoms with Crippen LogP contribution in [0.15, 0.2) is 12.3 Å². The van der Waals surface area contributed by atoms with Crippen molar-refractivity contribution in [3.05, 3.63) is 12.3 Å². The minimum Gasteiger partial charge on any atom is -0.495 e. The molecule has 0 bridgehead atoms. The summed E-state index contributed by atoms with van der Waals surface area (Å²) in [7, 11) is 0.379. The minimum absolute atomic E-state index is 1.13. The molecule has 0 atom stereocenters. The van der Waals surface area contributed by atoms with Crippen LogP contribution < -0.4 is 0 Å². The van der Waals surface area contributed by atoms with E-state index in [1.165, 1.54) is 19.9 Å². The molecule has 10 heavy (non-hydrogen) atoms. The molecule has 0 aromatic heterocycles. The van der Waals surface area contributed by atoms with E-state index in [-0.39, 0.29) is 0 Å². The molecule has 0 saturated heterocycles. The van der Waals surface area contributed by atoms with Gasteiger partial charge in [-0.1, -0.05) is 6.58 Å². The summed E-state index contributed by atoms with van der Waals surface area (Å²) in [5.74, 6) is 0. The summed E-state index contributed by atoms with van der Waals surface area (Å²) in [4.78, 5) is 0. The summed E-state index contributed by atoms with van der Waals surface area (Å²) in [6, 6.07) is 0. The molecule has 3 nitrogen and oxygen atoms in total. The van der Waals surface area contributed by atoms with Crippen molar-refractivity contribution in [3.8, 4) is 0 Å². The summed E-state index contributed by atoms with van der Waals surface area (Å²) < 4.78 is 14.9. The van der Waals surface area contributed by atoms with E-state index in [1.54, 1.807) is 0 Å². The van der Waals surface area contributed by atoms with Gasteiger partial charge < -0.3 is 13.3 Å². The highest BCUT2D eigenvalue weighted by Crippen LogP contribution is 2.05. The van der Waals surface area contributed by atoms with E-state index in [2.05, 4.69) is 18.8 Å². The Kier molecular flexibility index (Phi) is 4.46. The summed E-state index contributed by atoms with van der Waals surface area (Å²) in [5, 5.41) is 0. The fourth-order valence-corrected chi connectivity index (χ4v) is 1.79. The molecule has 0 aromatic rings. The fourth-order valence-electron chi connectivity index (χ4n) is 0.461. The van der Waals surface area contributed by atoms with Gasteiger partial charge in [-0.25, -0.2) is 0 Å². The van der Waals surface area contributed by atoms with Crippen molar-refractivity contribution in [1.82, 2.24) is 0 Å². The molecule has 0 aliphatic heterocycles. The van der Waals surface area contributed by atoms with Gasteiger partial charge in [0.2, 0.25) is 0 Å². The van der Waals surface area contributed by atoms with Crippen molar-refractivity contribution in [2.75, 3.05) is 14.2 Å². The van der Waals surface area contributed by atoms with Gasteiger partial charge in [0.25, 0.3) is 0 Å². The maximum Gasteiger partial charge on any atom is 0.594 e. The lowest BCUT2D eigenvalue weighted by Crippen LogP contribution is -2.41. The van der Waals surface area contributed by atoms with Crippen LogP contribution in [0.25, 0.3) is 0 Å². The average Bonchev–Trinajstić information content (AvgIpc) is 2.01. The maximum atomic E-state index is 4.96. The van der Waals surface area contributed by atoms with Crippen molar-refractivity contribution >= 4 is 26.6 Å². The summed E-state index contributed by atoms with van der Waals surface area (Å²) in [6.45, 7) is 3.51. The van der Waals surface area contributed by atoms with E-state index in [0.717, 1.165) is 5.55 Å². The second-order valence-electron chi connectivity index (χ2n) is 1.43. The summed E-state index contributed by atoms with van der Waals surface area (Å²) in [6.07, 6.45) is 0. The van der Waals surface area contributed by atoms with E-state index in [4.69, 9.17) is 13.3 Å². The average molecular weight is 178 g/mol. The molecule has 0 saturated carbocycles. The fraction of sp³-hybridized carbons (Fsp3) is 0.400. The van der Waals surface area contributed by atoms with Gasteiger partial charge in [-0.3, -0.25) is 0 Å². The van der Waals surface area contributed by atoms with Crippen molar-refractivity contribution in [2.24, 2.45) is 0 Å². The van der Waals surface area contributed by atoms with Gasteiger partial charge in [0.05, 0.1) is 0 Å². The van der Waals surface area contributed by atoms with Gasteiger partial charge in [0.1, 0.15) is 5.55 Å². The second kappa shape index (κ2) is 4.56. The quantitative estimate of drug-likeness (QED) is 0.462. The third kappa shape index (κ3) is 2.18. The van der Waals surface area contributed by atoms with Crippen molar-refractivity contribution < 1.29 is 13.3 Å². The molecule has 0 heterocycles. The van der Waals surface area contributed by atoms with Crippen molar-refractivity contribution in [2.45, 2.75) is 0 Å². The lowest BCUT2D eigenvalue weighted by Gasteiger charge is -2.19. The van der Waals surface area contributed by atoms with Crippen LogP contribution in [0.1, 0.15) is 0 Å². The third-order valence-electron chi connectivity index (χ3n) is 1.03. The zero-order valence-corrected chi connectivity index (χ0v) is 7.81. The van der Waals surface area contributed by atoms with Crippen LogP contribution >= 0.6 is 12.2 Å². The Morgan fingerprint density at radius 3 is 2.00 bits per heavy atom. The van der Waals surface area contributed by atoms with Crippen LogP contribution in [0.2, 0.25) is 0 Å². The third-order valence-corrected chi connectivity index (χ3v) is 3.38. The first-order chi connectivity index (χ1) is 4.74. The largest absolute Gasteiger partial charge is 0.594 e. The summed E-state index contributed by atoms with van der Waals surface area (Å²) in [5.41, 5.74) is 2.64. The first-order valence-electron chi connectivity index (χ1n) is 2.60. The Morgan fingerprint density at radius 1 is 1.40 bits per heavy atom. The molecule has 0 N–H and O–H groups in total. The second-order valence-corrected chi connectivity index (χ2v) is 4.29. The molecule has 5 heteroatoms. The molecule has 0 unspecified atom stereocenters. The van der Waals surface area contributed by atoms with Gasteiger partial charge in [0.15, 0.2) is 0 Å². The van der Waals surface area contributed by atoms with Gasteiger partial charge in [-0.15, -0.1) is 0 Å². The van der Waals surface area contributed by atoms with Gasteiger partial charge in [-0.05, 0) is 17.9 Å². The molecule has 0 aromatic carbocycles. The zero-order chi connectivity index (χ0) is 8.04. The SMILES string of the molecule is C=C[Si](OC)(OC)OC=S. The first kappa shape index (κ1) is 9.77. The monoisotopic (exact) mass is 178 g/mol. The summed E-state index contributed by atoms with van der Waals surface area (Å²) >= 11 is 4.48. The number of hydrogen-bond donors (Lipinski definition) is 0. The Hall–Kier alpha value is -0.233. The lowest BCUT2D eigenvalue weighted by atomic mass is 11.3. The molecule has 0 rings (SSSR count). The Morgan fingerprint density at radius 2 is 1.90 bits per heavy atom. The van der Waals surface area contributed by atoms with E-state index in [0.29, 0.717) is 0 Å². The predicted octanol–water partition coefficient (Wildman–Crippen LogP) is 0.917. The first-order valence-corrected chi connectivity index (χ1v) is 4.87. The Labute approximate surface area is 67.0 Å². The van der Waals surface area contributed by atoms with Gasteiger partial charge in [-0.2, -0.15) is 0 Å². The Balaban J connectivity index is 4.13. The van der Waals surface area contributed by atoms with E-state index < -0.39 is 8.80 Å². The highest BCUT2D eigenvalue weighted by atomic mass is 32.1. The molecule has 0 amide bonds. The molecule has 0 spiro atoms. The van der Waals surface area contributed by atoms with E-state index >= 15 is 0 Å². The molecule has 0 fully saturated rings. The van der Waals surface area contributed by atoms with Crippen molar-refractivity contribution in [1.29, 1.82) is 0 Å². The standard InChI is InChI=1S/C5H10O3SSi/c1-4-10(6-2,7-3)8-5-9/h4-5H,1H2,2-3H3. The van der Waals surface area contributed by atoms with Crippen LogP contribution in [0.4, 0.5) is 0 Å². The Bertz CT molecular complexity index is 124. The number of rotatable bonds is 5. The van der Waals surface area contributed by atoms with E-state index in [9.17, 15) is 0 Å². The number of thiocarbonyl (C=S) groups is 1. The number of hydrogen-bond acceptors (Lipinski definition) is 4. The maximum absolute atomic E-state index is 4.96. The molecular weight excluding hydrogens is 168 g/mol. The van der Waals surface area contributed by atoms with Crippen LogP contribution in [-0.2, 0) is 13.3 Å². The molecule has 0 aliphatic carbocycles. The molecule has 58 valence electrons. The van der Waals surface area contributed by atoms with Crippen LogP contribution in [0.3, 0.4) is 0 Å². The minimum atomic E-state index is -2.61. The molecular formula is C5H10O3SSi.